The first-order valence-electron chi connectivity index (χ1n) is 5.82. The Labute approximate surface area is 127 Å². The van der Waals surface area contributed by atoms with Crippen molar-refractivity contribution in [3.63, 3.8) is 0 Å². The van der Waals surface area contributed by atoms with Crippen LogP contribution in [0, 0.1) is 12.7 Å². The van der Waals surface area contributed by atoms with E-state index in [9.17, 15) is 4.39 Å². The maximum absolute atomic E-state index is 13.4. The van der Waals surface area contributed by atoms with E-state index in [0.29, 0.717) is 22.0 Å². The van der Waals surface area contributed by atoms with Gasteiger partial charge in [0, 0.05) is 10.0 Å². The number of hydrogen-bond donors (Lipinski definition) is 0. The summed E-state index contributed by atoms with van der Waals surface area (Å²) in [5, 5.41) is 0.671. The minimum Gasteiger partial charge on any atom is -0.207 e. The standard InChI is InChI=1S/C15H12Cl3F/c1-9-6-11(14(18)8-15(9)19)13(17)7-10-4-2-3-5-12(10)16/h2-6,8,13H,7H2,1H3. The van der Waals surface area contributed by atoms with Gasteiger partial charge in [-0.25, -0.2) is 4.39 Å². The predicted molar refractivity (Wildman–Crippen MR) is 79.9 cm³/mol. The van der Waals surface area contributed by atoms with E-state index in [2.05, 4.69) is 0 Å². The van der Waals surface area contributed by atoms with Crippen molar-refractivity contribution in [2.75, 3.05) is 0 Å². The van der Waals surface area contributed by atoms with E-state index in [1.54, 1.807) is 13.0 Å². The molecule has 1 unspecified atom stereocenters. The Morgan fingerprint density at radius 2 is 1.79 bits per heavy atom. The Morgan fingerprint density at radius 3 is 2.47 bits per heavy atom. The van der Waals surface area contributed by atoms with Crippen molar-refractivity contribution in [2.24, 2.45) is 0 Å². The molecule has 0 radical (unpaired) electrons. The fourth-order valence-corrected chi connectivity index (χ4v) is 2.78. The van der Waals surface area contributed by atoms with Crippen molar-refractivity contribution in [1.29, 1.82) is 0 Å². The van der Waals surface area contributed by atoms with E-state index in [4.69, 9.17) is 34.8 Å². The number of aryl methyl sites for hydroxylation is 1. The third kappa shape index (κ3) is 3.42. The van der Waals surface area contributed by atoms with Crippen LogP contribution in [-0.2, 0) is 6.42 Å². The van der Waals surface area contributed by atoms with Crippen LogP contribution >= 0.6 is 34.8 Å². The van der Waals surface area contributed by atoms with E-state index in [-0.39, 0.29) is 11.2 Å². The summed E-state index contributed by atoms with van der Waals surface area (Å²) in [6.07, 6.45) is 0.548. The minimum atomic E-state index is -0.341. The molecule has 0 saturated heterocycles. The summed E-state index contributed by atoms with van der Waals surface area (Å²) in [6, 6.07) is 10.5. The Hall–Kier alpha value is -0.760. The molecule has 2 aromatic carbocycles. The van der Waals surface area contributed by atoms with Gasteiger partial charge >= 0.3 is 0 Å². The van der Waals surface area contributed by atoms with E-state index in [0.717, 1.165) is 11.1 Å². The Morgan fingerprint density at radius 1 is 1.11 bits per heavy atom. The van der Waals surface area contributed by atoms with Gasteiger partial charge in [0.25, 0.3) is 0 Å². The molecule has 0 spiro atoms. The van der Waals surface area contributed by atoms with E-state index >= 15 is 0 Å². The molecule has 0 saturated carbocycles. The van der Waals surface area contributed by atoms with Gasteiger partial charge in [-0.05, 0) is 42.2 Å². The van der Waals surface area contributed by atoms with Crippen LogP contribution in [0.3, 0.4) is 0 Å². The molecule has 2 rings (SSSR count). The molecule has 19 heavy (non-hydrogen) atoms. The van der Waals surface area contributed by atoms with Crippen molar-refractivity contribution in [3.05, 3.63) is 69.0 Å². The second kappa shape index (κ2) is 6.13. The monoisotopic (exact) mass is 316 g/mol. The topological polar surface area (TPSA) is 0 Å². The predicted octanol–water partition coefficient (Wildman–Crippen LogP) is 5.96. The van der Waals surface area contributed by atoms with Crippen molar-refractivity contribution in [2.45, 2.75) is 18.7 Å². The zero-order valence-electron chi connectivity index (χ0n) is 10.3. The average molecular weight is 318 g/mol. The smallest absolute Gasteiger partial charge is 0.127 e. The highest BCUT2D eigenvalue weighted by Crippen LogP contribution is 2.33. The fraction of sp³-hybridized carbons (Fsp3) is 0.200. The van der Waals surface area contributed by atoms with Crippen LogP contribution in [0.25, 0.3) is 0 Å². The highest BCUT2D eigenvalue weighted by atomic mass is 35.5. The van der Waals surface area contributed by atoms with Crippen LogP contribution in [0.2, 0.25) is 10.0 Å². The third-order valence-corrected chi connectivity index (χ3v) is 4.06. The van der Waals surface area contributed by atoms with E-state index < -0.39 is 0 Å². The number of halogens is 4. The molecule has 1 atom stereocenters. The van der Waals surface area contributed by atoms with Crippen molar-refractivity contribution in [3.8, 4) is 0 Å². The molecule has 0 nitrogen and oxygen atoms in total. The molecule has 0 heterocycles. The molecule has 2 aromatic rings. The molecule has 0 N–H and O–H groups in total. The van der Waals surface area contributed by atoms with E-state index in [1.165, 1.54) is 6.07 Å². The van der Waals surface area contributed by atoms with Crippen LogP contribution < -0.4 is 0 Å². The molecular weight excluding hydrogens is 306 g/mol. The quantitative estimate of drug-likeness (QED) is 0.612. The lowest BCUT2D eigenvalue weighted by atomic mass is 10.0. The molecule has 100 valence electrons. The first-order chi connectivity index (χ1) is 8.99. The van der Waals surface area contributed by atoms with Crippen LogP contribution in [0.4, 0.5) is 4.39 Å². The zero-order valence-corrected chi connectivity index (χ0v) is 12.5. The van der Waals surface area contributed by atoms with Gasteiger partial charge in [-0.3, -0.25) is 0 Å². The first-order valence-corrected chi connectivity index (χ1v) is 7.01. The van der Waals surface area contributed by atoms with Crippen LogP contribution in [0.5, 0.6) is 0 Å². The minimum absolute atomic E-state index is 0.324. The normalized spacial score (nSPS) is 12.5. The second-order valence-electron chi connectivity index (χ2n) is 4.39. The van der Waals surface area contributed by atoms with Crippen molar-refractivity contribution < 1.29 is 4.39 Å². The molecule has 0 fully saturated rings. The van der Waals surface area contributed by atoms with Gasteiger partial charge in [-0.2, -0.15) is 0 Å². The number of benzene rings is 2. The van der Waals surface area contributed by atoms with Crippen molar-refractivity contribution in [1.82, 2.24) is 0 Å². The summed E-state index contributed by atoms with van der Waals surface area (Å²) in [4.78, 5) is 0. The largest absolute Gasteiger partial charge is 0.207 e. The fourth-order valence-electron chi connectivity index (χ4n) is 1.89. The lowest BCUT2D eigenvalue weighted by Crippen LogP contribution is -1.99. The number of rotatable bonds is 3. The van der Waals surface area contributed by atoms with Crippen molar-refractivity contribution >= 4 is 34.8 Å². The number of hydrogen-bond acceptors (Lipinski definition) is 0. The lowest BCUT2D eigenvalue weighted by molar-refractivity contribution is 0.617. The zero-order chi connectivity index (χ0) is 14.0. The maximum Gasteiger partial charge on any atom is 0.127 e. The van der Waals surface area contributed by atoms with Gasteiger partial charge < -0.3 is 0 Å². The molecule has 0 amide bonds. The summed E-state index contributed by atoms with van der Waals surface area (Å²) in [5.74, 6) is -0.324. The van der Waals surface area contributed by atoms with Crippen LogP contribution in [-0.4, -0.2) is 0 Å². The number of alkyl halides is 1. The summed E-state index contributed by atoms with van der Waals surface area (Å²) in [7, 11) is 0. The van der Waals surface area contributed by atoms with Crippen LogP contribution in [0.15, 0.2) is 36.4 Å². The Balaban J connectivity index is 2.28. The second-order valence-corrected chi connectivity index (χ2v) is 5.73. The average Bonchev–Trinajstić information content (AvgIpc) is 2.36. The van der Waals surface area contributed by atoms with Gasteiger partial charge in [-0.1, -0.05) is 47.5 Å². The molecule has 0 aliphatic carbocycles. The molecule has 0 aromatic heterocycles. The molecule has 4 heteroatoms. The Kier molecular flexibility index (Phi) is 4.72. The maximum atomic E-state index is 13.4. The summed E-state index contributed by atoms with van der Waals surface area (Å²) >= 11 is 18.5. The highest BCUT2D eigenvalue weighted by Gasteiger charge is 2.16. The van der Waals surface area contributed by atoms with Gasteiger partial charge in [0.15, 0.2) is 0 Å². The summed E-state index contributed by atoms with van der Waals surface area (Å²) < 4.78 is 13.4. The lowest BCUT2D eigenvalue weighted by Gasteiger charge is -2.14. The SMILES string of the molecule is Cc1cc(C(Cl)Cc2ccccc2Cl)c(Cl)cc1F. The highest BCUT2D eigenvalue weighted by molar-refractivity contribution is 6.33. The Bertz CT molecular complexity index is 596. The van der Waals surface area contributed by atoms with Gasteiger partial charge in [0.2, 0.25) is 0 Å². The third-order valence-electron chi connectivity index (χ3n) is 2.97. The molecule has 0 bridgehead atoms. The molecule has 0 aliphatic heterocycles. The summed E-state index contributed by atoms with van der Waals surface area (Å²) in [5.41, 5.74) is 2.20. The van der Waals surface area contributed by atoms with Gasteiger partial charge in [0.05, 0.1) is 5.38 Å². The molecule has 0 aliphatic rings. The summed E-state index contributed by atoms with van der Waals surface area (Å²) in [6.45, 7) is 1.69. The molecular formula is C15H12Cl3F. The van der Waals surface area contributed by atoms with E-state index in [1.807, 2.05) is 24.3 Å². The van der Waals surface area contributed by atoms with Gasteiger partial charge in [-0.15, -0.1) is 11.6 Å². The van der Waals surface area contributed by atoms with Gasteiger partial charge in [0.1, 0.15) is 5.82 Å². The van der Waals surface area contributed by atoms with Crippen LogP contribution in [0.1, 0.15) is 22.1 Å². The first kappa shape index (κ1) is 14.6.